The highest BCUT2D eigenvalue weighted by Gasteiger charge is -0.194. The van der Waals surface area contributed by atoms with Crippen LogP contribution in [0.1, 0.15) is 0 Å². The molecule has 0 unspecified atom stereocenters. The van der Waals surface area contributed by atoms with Gasteiger partial charge in [0.25, 0.3) is 0 Å². The quantitative estimate of drug-likeness (QED) is 0.527. The molecule has 0 amide bonds. The van der Waals surface area contributed by atoms with Crippen molar-refractivity contribution in [3.05, 3.63) is 0 Å². The summed E-state index contributed by atoms with van der Waals surface area (Å²) in [6.45, 7) is 0. The predicted octanol–water partition coefficient (Wildman–Crippen LogP) is 2.78. The molecule has 0 aliphatic heterocycles. The maximum atomic E-state index is 0. The van der Waals surface area contributed by atoms with Gasteiger partial charge in [0, 0.05) is 0 Å². The van der Waals surface area contributed by atoms with Crippen molar-refractivity contribution in [1.82, 2.24) is 0 Å². The third-order valence-corrected chi connectivity index (χ3v) is 0. The highest BCUT2D eigenvalue weighted by Crippen LogP contribution is 0.650. The Balaban J connectivity index is 0. The molecule has 0 heterocycles. The Labute approximate surface area is 117 Å². The van der Waals surface area contributed by atoms with Crippen LogP contribution in [0.4, 0.5) is 75.3 Å². The molecule has 0 aromatic carbocycles. The highest BCUT2D eigenvalue weighted by atomic mass is 32.1. The average molecular weight is 422 g/mol. The molecule has 0 rings (SSSR count). The van der Waals surface area contributed by atoms with Crippen LogP contribution in [-0.2, 0) is 0 Å². The van der Waals surface area contributed by atoms with Gasteiger partial charge in [-0.25, -0.2) is 0 Å². The van der Waals surface area contributed by atoms with Gasteiger partial charge in [0.15, 0.2) is 0 Å². The van der Waals surface area contributed by atoms with Gasteiger partial charge in [0.2, 0.25) is 0 Å². The molecular weight excluding hydrogens is 400 g/mol. The van der Waals surface area contributed by atoms with E-state index in [2.05, 4.69) is 0 Å². The Morgan fingerprint density at radius 1 is 0.105 bits per heavy atom. The lowest BCUT2D eigenvalue weighted by Crippen LogP contribution is 0.419. The third kappa shape index (κ3) is 929000. The fourth-order valence-electron chi connectivity index (χ4n) is 0. The van der Waals surface area contributed by atoms with E-state index in [4.69, 9.17) is 0 Å². The van der Waals surface area contributed by atoms with Gasteiger partial charge < -0.3 is 0 Å². The Bertz CT molecular complexity index is 12.0. The molecule has 19 heavy (non-hydrogen) atoms. The van der Waals surface area contributed by atoms with E-state index in [0.29, 0.717) is 0 Å². The first-order valence-corrected chi connectivity index (χ1v) is 0. The molecule has 0 atom stereocenters. The summed E-state index contributed by atoms with van der Waals surface area (Å²) in [6.07, 6.45) is 0. The van der Waals surface area contributed by atoms with Crippen molar-refractivity contribution < 1.29 is 75.3 Å². The minimum atomic E-state index is 0. The van der Waals surface area contributed by atoms with Crippen LogP contribution in [-0.4, -0.2) is 0 Å². The van der Waals surface area contributed by atoms with Crippen molar-refractivity contribution >= 4 is 40.5 Å². The number of hydrogen-bond acceptors (Lipinski definition) is 0. The normalized spacial score (nSPS) is 0. The zero-order valence-electron chi connectivity index (χ0n) is 8.03. The Kier molecular flexibility index (Phi) is 68600000000. The molecule has 0 aliphatic rings. The van der Waals surface area contributed by atoms with Gasteiger partial charge in [0.1, 0.15) is 0 Å². The van der Waals surface area contributed by atoms with Crippen molar-refractivity contribution in [1.29, 1.82) is 0 Å². The molecule has 0 spiro atoms. The zero-order chi connectivity index (χ0) is 0. The zero-order valence-corrected chi connectivity index (χ0v) is 11.0. The number of hydrogen-bond donors (Lipinski definition) is 0. The summed E-state index contributed by atoms with van der Waals surface area (Å²) in [6, 6.07) is 0. The average Bonchev–Trinajstić information content (AvgIpc) is 0. The summed E-state index contributed by atoms with van der Waals surface area (Å²) >= 11 is 0. The first-order chi connectivity index (χ1) is 0. The molecule has 0 aromatic heterocycles. The first-order valence-electron chi connectivity index (χ1n) is 0. The number of halogens is 16. The third-order valence-electron chi connectivity index (χ3n) is 0. The first kappa shape index (κ1) is 1240000. The summed E-state index contributed by atoms with van der Waals surface area (Å²) in [7, 11) is 0. The molecule has 0 nitrogen and oxygen atoms in total. The Morgan fingerprint density at radius 3 is 0.105 bits per heavy atom. The summed E-state index contributed by atoms with van der Waals surface area (Å²) in [4.78, 5) is 0. The summed E-state index contributed by atoms with van der Waals surface area (Å²) < 4.78 is 0. The van der Waals surface area contributed by atoms with Crippen LogP contribution in [0.15, 0.2) is 0 Å². The van der Waals surface area contributed by atoms with Crippen molar-refractivity contribution in [2.75, 3.05) is 0 Å². The van der Waals surface area contributed by atoms with E-state index in [1.807, 2.05) is 0 Å². The molecule has 152 valence electrons. The van der Waals surface area contributed by atoms with Crippen LogP contribution in [0.5, 0.6) is 0 Å². The maximum absolute atomic E-state index is 0. The lowest BCUT2D eigenvalue weighted by molar-refractivity contribution is 1.11. The van der Waals surface area contributed by atoms with Crippen molar-refractivity contribution in [2.24, 2.45) is 0 Å². The van der Waals surface area contributed by atoms with Gasteiger partial charge in [-0.2, -0.15) is 40.5 Å². The highest BCUT2D eigenvalue weighted by molar-refractivity contribution is 7.59. The lowest BCUT2D eigenvalue weighted by atomic mass is 19.0. The monoisotopic (exact) mass is 422 g/mol. The van der Waals surface area contributed by atoms with Gasteiger partial charge in [-0.3, -0.25) is 75.3 Å². The van der Waals surface area contributed by atoms with E-state index >= 15 is 0 Å². The van der Waals surface area contributed by atoms with E-state index in [1.54, 1.807) is 0 Å². The number of rotatable bonds is 0. The van der Waals surface area contributed by atoms with E-state index in [9.17, 15) is 0 Å². The van der Waals surface area contributed by atoms with Crippen LogP contribution in [0.2, 0.25) is 0 Å². The van der Waals surface area contributed by atoms with Gasteiger partial charge in [0.05, 0.1) is 0 Å². The topological polar surface area (TPSA) is 0 Å². The van der Waals surface area contributed by atoms with Crippen molar-refractivity contribution in [3.8, 4) is 0 Å². The van der Waals surface area contributed by atoms with E-state index < -0.39 is 0 Å². The van der Waals surface area contributed by atoms with Crippen molar-refractivity contribution in [3.63, 3.8) is 0 Å². The molecule has 0 aliphatic carbocycles. The van der Waals surface area contributed by atoms with Crippen LogP contribution in [0.25, 0.3) is 0 Å². The molecule has 0 fully saturated rings. The van der Waals surface area contributed by atoms with Gasteiger partial charge in [-0.15, -0.1) is 0 Å². The van der Waals surface area contributed by atoms with Gasteiger partial charge in [-0.05, 0) is 0 Å². The molecule has 0 saturated carbocycles. The fraction of sp³-hybridized carbons (Fsp3) is 0. The van der Waals surface area contributed by atoms with Crippen LogP contribution < -0.4 is 0 Å². The van der Waals surface area contributed by atoms with E-state index in [0.717, 1.165) is 0 Å². The Morgan fingerprint density at radius 2 is 0.105 bits per heavy atom. The predicted molar refractivity (Wildman–Crippen MR) is 71.2 cm³/mol. The molecule has 0 saturated heterocycles. The largest absolute Gasteiger partial charge is 0.269 e. The summed E-state index contributed by atoms with van der Waals surface area (Å²) in [5, 5.41) is 0. The second-order valence-corrected chi connectivity index (χ2v) is 0. The van der Waals surface area contributed by atoms with Crippen LogP contribution in [0.3, 0.4) is 0 Å². The molecule has 0 radical (unpaired) electrons. The molecule has 19 heteroatoms. The molecule has 0 N–H and O–H groups in total. The fourth-order valence-corrected chi connectivity index (χ4v) is 0. The molecular formula is H22F16S3. The molecule has 0 bridgehead atoms. The van der Waals surface area contributed by atoms with E-state index in [-0.39, 0.29) is 116 Å². The van der Waals surface area contributed by atoms with Crippen molar-refractivity contribution in [2.45, 2.75) is 0 Å². The minimum Gasteiger partial charge on any atom is -0.269 e. The van der Waals surface area contributed by atoms with E-state index in [1.165, 1.54) is 0 Å². The second-order valence-electron chi connectivity index (χ2n) is 0. The maximum Gasteiger partial charge on any atom is -0.197 e. The van der Waals surface area contributed by atoms with Gasteiger partial charge in [-0.1, -0.05) is 0 Å². The SMILES string of the molecule is F.F.F.F.F.F.F.F.F.F.F.F.F.F.F.F.S.S.S. The second kappa shape index (κ2) is 1050000. The lowest BCUT2D eigenvalue weighted by Gasteiger charge is -0.270. The summed E-state index contributed by atoms with van der Waals surface area (Å²) in [5.74, 6) is 0. The van der Waals surface area contributed by atoms with Crippen LogP contribution >= 0.6 is 40.5 Å². The van der Waals surface area contributed by atoms with Crippen LogP contribution in [0, 0.1) is 0 Å². The van der Waals surface area contributed by atoms with Gasteiger partial charge >= 0.3 is 0 Å². The standard InChI is InChI=1S/16FH.3H2S/h16*1H;3*1H2. The summed E-state index contributed by atoms with van der Waals surface area (Å²) in [5.41, 5.74) is 0. The smallest absolute Gasteiger partial charge is 0.197 e. The molecule has 0 aromatic rings. The Hall–Kier alpha value is -0.0700. The minimum absolute atomic E-state index is 0.